The molecule has 0 spiro atoms. The summed E-state index contributed by atoms with van der Waals surface area (Å²) in [6, 6.07) is 5.91. The number of amides is 1. The zero-order chi connectivity index (χ0) is 16.1. The van der Waals surface area contributed by atoms with Crippen molar-refractivity contribution in [2.24, 2.45) is 5.92 Å². The van der Waals surface area contributed by atoms with E-state index in [0.29, 0.717) is 6.54 Å². The molecule has 0 aromatic heterocycles. The van der Waals surface area contributed by atoms with Crippen molar-refractivity contribution in [3.8, 4) is 11.5 Å². The molecule has 1 aliphatic rings. The summed E-state index contributed by atoms with van der Waals surface area (Å²) in [5, 5.41) is 3.08. The maximum atomic E-state index is 12.7. The molecule has 0 radical (unpaired) electrons. The molecule has 0 bridgehead atoms. The highest BCUT2D eigenvalue weighted by atomic mass is 35.5. The molecule has 1 fully saturated rings. The van der Waals surface area contributed by atoms with Crippen LogP contribution in [0.5, 0.6) is 11.5 Å². The van der Waals surface area contributed by atoms with Crippen LogP contribution in [0.3, 0.4) is 0 Å². The van der Waals surface area contributed by atoms with Crippen LogP contribution in [0.25, 0.3) is 0 Å². The minimum Gasteiger partial charge on any atom is -0.497 e. The van der Waals surface area contributed by atoms with Gasteiger partial charge in [-0.2, -0.15) is 0 Å². The van der Waals surface area contributed by atoms with E-state index in [4.69, 9.17) is 9.47 Å². The molecule has 1 saturated heterocycles. The van der Waals surface area contributed by atoms with E-state index < -0.39 is 0 Å². The lowest BCUT2D eigenvalue weighted by Gasteiger charge is -2.29. The summed E-state index contributed by atoms with van der Waals surface area (Å²) in [5.74, 6) is 1.73. The van der Waals surface area contributed by atoms with Crippen LogP contribution in [0.2, 0.25) is 0 Å². The number of halogens is 1. The minimum atomic E-state index is -0.0187. The highest BCUT2D eigenvalue weighted by molar-refractivity contribution is 5.85. The molecule has 5 nitrogen and oxygen atoms in total. The molecule has 1 aliphatic heterocycles. The molecule has 0 saturated carbocycles. The second-order valence-electron chi connectivity index (χ2n) is 5.76. The smallest absolute Gasteiger partial charge is 0.227 e. The summed E-state index contributed by atoms with van der Waals surface area (Å²) < 4.78 is 10.8. The topological polar surface area (TPSA) is 50.8 Å². The fourth-order valence-corrected chi connectivity index (χ4v) is 3.12. The Morgan fingerprint density at radius 1 is 1.39 bits per heavy atom. The summed E-state index contributed by atoms with van der Waals surface area (Å²) in [4.78, 5) is 14.7. The lowest BCUT2D eigenvalue weighted by atomic mass is 10.0. The van der Waals surface area contributed by atoms with Gasteiger partial charge in [-0.05, 0) is 32.0 Å². The number of carbonyl (C=O) groups excluding carboxylic acids is 1. The van der Waals surface area contributed by atoms with Gasteiger partial charge in [0.2, 0.25) is 5.91 Å². The number of hydrogen-bond donors (Lipinski definition) is 1. The van der Waals surface area contributed by atoms with E-state index >= 15 is 0 Å². The summed E-state index contributed by atoms with van der Waals surface area (Å²) in [6.07, 6.45) is 2.00. The molecule has 1 aromatic rings. The van der Waals surface area contributed by atoms with E-state index in [1.54, 1.807) is 14.2 Å². The lowest BCUT2D eigenvalue weighted by molar-refractivity contribution is -0.135. The molecule has 0 aliphatic carbocycles. The molecular weight excluding hydrogens is 316 g/mol. The molecular formula is C17H27ClN2O3. The third-order valence-electron chi connectivity index (χ3n) is 4.27. The first kappa shape index (κ1) is 19.6. The van der Waals surface area contributed by atoms with Crippen LogP contribution >= 0.6 is 12.4 Å². The van der Waals surface area contributed by atoms with Crippen LogP contribution in [0.1, 0.15) is 31.4 Å². The second kappa shape index (κ2) is 8.99. The largest absolute Gasteiger partial charge is 0.497 e. The van der Waals surface area contributed by atoms with Crippen LogP contribution in [-0.2, 0) is 4.79 Å². The first-order valence-electron chi connectivity index (χ1n) is 7.79. The summed E-state index contributed by atoms with van der Waals surface area (Å²) in [7, 11) is 5.17. The average molecular weight is 343 g/mol. The molecule has 2 atom stereocenters. The average Bonchev–Trinajstić information content (AvgIpc) is 3.02. The Balaban J connectivity index is 0.00000264. The van der Waals surface area contributed by atoms with Gasteiger partial charge in [-0.1, -0.05) is 6.92 Å². The zero-order valence-electron chi connectivity index (χ0n) is 14.3. The van der Waals surface area contributed by atoms with Gasteiger partial charge in [-0.3, -0.25) is 4.79 Å². The van der Waals surface area contributed by atoms with Crippen LogP contribution in [0, 0.1) is 5.92 Å². The molecule has 2 unspecified atom stereocenters. The number of nitrogens with zero attached hydrogens (tertiary/aromatic N) is 1. The van der Waals surface area contributed by atoms with E-state index in [-0.39, 0.29) is 30.3 Å². The number of nitrogens with one attached hydrogen (secondary N) is 1. The Labute approximate surface area is 144 Å². The van der Waals surface area contributed by atoms with Crippen molar-refractivity contribution in [3.63, 3.8) is 0 Å². The molecule has 1 aromatic carbocycles. The van der Waals surface area contributed by atoms with Crippen LogP contribution in [0.15, 0.2) is 18.2 Å². The SMILES string of the molecule is CNCC(C)C(=O)N1CCCC1c1ccc(OC)cc1OC.Cl. The van der Waals surface area contributed by atoms with Crippen molar-refractivity contribution in [3.05, 3.63) is 23.8 Å². The Bertz CT molecular complexity index is 525. The standard InChI is InChI=1S/C17H26N2O3.ClH/c1-12(11-18-2)17(20)19-9-5-6-15(19)14-8-7-13(21-3)10-16(14)22-4;/h7-8,10,12,15,18H,5-6,9,11H2,1-4H3;1H. The van der Waals surface area contributed by atoms with Crippen molar-refractivity contribution in [1.29, 1.82) is 0 Å². The number of hydrogen-bond acceptors (Lipinski definition) is 4. The Hall–Kier alpha value is -1.46. The molecule has 2 rings (SSSR count). The Kier molecular flexibility index (Phi) is 7.65. The number of carbonyl (C=O) groups is 1. The van der Waals surface area contributed by atoms with Gasteiger partial charge in [-0.25, -0.2) is 0 Å². The summed E-state index contributed by atoms with van der Waals surface area (Å²) in [6.45, 7) is 3.48. The Morgan fingerprint density at radius 3 is 2.74 bits per heavy atom. The first-order valence-corrected chi connectivity index (χ1v) is 7.79. The molecule has 130 valence electrons. The molecule has 1 heterocycles. The van der Waals surface area contributed by atoms with Gasteiger partial charge < -0.3 is 19.7 Å². The van der Waals surface area contributed by atoms with Crippen molar-refractivity contribution in [1.82, 2.24) is 10.2 Å². The lowest BCUT2D eigenvalue weighted by Crippen LogP contribution is -2.38. The van der Waals surface area contributed by atoms with Gasteiger partial charge in [0.1, 0.15) is 11.5 Å². The van der Waals surface area contributed by atoms with E-state index in [2.05, 4.69) is 5.32 Å². The van der Waals surface area contributed by atoms with Crippen LogP contribution in [-0.4, -0.2) is 45.2 Å². The third kappa shape index (κ3) is 4.30. The fraction of sp³-hybridized carbons (Fsp3) is 0.588. The van der Waals surface area contributed by atoms with Crippen LogP contribution in [0.4, 0.5) is 0 Å². The van der Waals surface area contributed by atoms with Gasteiger partial charge in [0.05, 0.1) is 20.3 Å². The number of ether oxygens (including phenoxy) is 2. The van der Waals surface area contributed by atoms with E-state index in [1.807, 2.05) is 37.1 Å². The van der Waals surface area contributed by atoms with E-state index in [0.717, 1.165) is 36.4 Å². The second-order valence-corrected chi connectivity index (χ2v) is 5.76. The monoisotopic (exact) mass is 342 g/mol. The number of likely N-dealkylation sites (tertiary alicyclic amines) is 1. The zero-order valence-corrected chi connectivity index (χ0v) is 15.1. The van der Waals surface area contributed by atoms with Crippen molar-refractivity contribution < 1.29 is 14.3 Å². The fourth-order valence-electron chi connectivity index (χ4n) is 3.12. The maximum Gasteiger partial charge on any atom is 0.227 e. The van der Waals surface area contributed by atoms with E-state index in [1.165, 1.54) is 0 Å². The highest BCUT2D eigenvalue weighted by Gasteiger charge is 2.33. The summed E-state index contributed by atoms with van der Waals surface area (Å²) >= 11 is 0. The normalized spacial score (nSPS) is 18.3. The quantitative estimate of drug-likeness (QED) is 0.863. The van der Waals surface area contributed by atoms with Gasteiger partial charge in [0, 0.05) is 30.6 Å². The van der Waals surface area contributed by atoms with Crippen LogP contribution < -0.4 is 14.8 Å². The Morgan fingerprint density at radius 2 is 2.13 bits per heavy atom. The number of benzene rings is 1. The first-order chi connectivity index (χ1) is 10.6. The molecule has 1 N–H and O–H groups in total. The molecule has 23 heavy (non-hydrogen) atoms. The minimum absolute atomic E-state index is 0. The van der Waals surface area contributed by atoms with Gasteiger partial charge in [0.25, 0.3) is 0 Å². The highest BCUT2D eigenvalue weighted by Crippen LogP contribution is 2.39. The maximum absolute atomic E-state index is 12.7. The predicted molar refractivity (Wildman–Crippen MR) is 93.6 cm³/mol. The predicted octanol–water partition coefficient (Wildman–Crippen LogP) is 2.64. The van der Waals surface area contributed by atoms with Gasteiger partial charge in [-0.15, -0.1) is 12.4 Å². The third-order valence-corrected chi connectivity index (χ3v) is 4.27. The van der Waals surface area contributed by atoms with Gasteiger partial charge in [0.15, 0.2) is 0 Å². The molecule has 1 amide bonds. The van der Waals surface area contributed by atoms with Crippen molar-refractivity contribution >= 4 is 18.3 Å². The summed E-state index contributed by atoms with van der Waals surface area (Å²) in [5.41, 5.74) is 1.06. The number of rotatable bonds is 6. The van der Waals surface area contributed by atoms with E-state index in [9.17, 15) is 4.79 Å². The van der Waals surface area contributed by atoms with Gasteiger partial charge >= 0.3 is 0 Å². The van der Waals surface area contributed by atoms with Crippen molar-refractivity contribution in [2.75, 3.05) is 34.4 Å². The van der Waals surface area contributed by atoms with Crippen molar-refractivity contribution in [2.45, 2.75) is 25.8 Å². The number of methoxy groups -OCH3 is 2. The molecule has 6 heteroatoms.